The van der Waals surface area contributed by atoms with Crippen LogP contribution in [0.4, 0.5) is 11.5 Å². The highest BCUT2D eigenvalue weighted by Crippen LogP contribution is 2.37. The van der Waals surface area contributed by atoms with E-state index < -0.39 is 0 Å². The van der Waals surface area contributed by atoms with Gasteiger partial charge in [0.2, 0.25) is 5.82 Å². The summed E-state index contributed by atoms with van der Waals surface area (Å²) in [7, 11) is 0. The lowest BCUT2D eigenvalue weighted by atomic mass is 10.0. The molecule has 0 unspecified atom stereocenters. The third kappa shape index (κ3) is 2.26. The van der Waals surface area contributed by atoms with Crippen molar-refractivity contribution in [1.29, 1.82) is 0 Å². The number of pyridine rings is 1. The smallest absolute Gasteiger partial charge is 0.312 e. The average molecular weight is 300 g/mol. The van der Waals surface area contributed by atoms with Crippen molar-refractivity contribution in [2.75, 3.05) is 11.4 Å². The summed E-state index contributed by atoms with van der Waals surface area (Å²) in [6.07, 6.45) is 3.68. The van der Waals surface area contributed by atoms with Gasteiger partial charge in [0.05, 0.1) is 4.92 Å². The molecule has 6 heteroatoms. The van der Waals surface area contributed by atoms with Crippen LogP contribution in [0, 0.1) is 10.1 Å². The summed E-state index contributed by atoms with van der Waals surface area (Å²) in [6.45, 7) is 5.00. The number of hydrogen-bond donors (Lipinski definition) is 0. The van der Waals surface area contributed by atoms with Crippen molar-refractivity contribution in [2.45, 2.75) is 32.2 Å². The molecule has 0 spiro atoms. The van der Waals surface area contributed by atoms with Gasteiger partial charge in [-0.2, -0.15) is 0 Å². The van der Waals surface area contributed by atoms with Crippen LogP contribution in [0.15, 0.2) is 16.7 Å². The van der Waals surface area contributed by atoms with Crippen LogP contribution in [-0.2, 0) is 0 Å². The molecule has 1 aromatic heterocycles. The molecule has 0 radical (unpaired) electrons. The third-order valence-electron chi connectivity index (χ3n) is 3.17. The van der Waals surface area contributed by atoms with E-state index in [0.29, 0.717) is 10.3 Å². The molecule has 1 aromatic rings. The molecule has 92 valence electrons. The topological polar surface area (TPSA) is 59.3 Å². The molecule has 0 aliphatic carbocycles. The number of hydrogen-bond acceptors (Lipinski definition) is 4. The van der Waals surface area contributed by atoms with E-state index in [1.54, 1.807) is 6.20 Å². The number of nitro groups is 1. The van der Waals surface area contributed by atoms with E-state index in [-0.39, 0.29) is 16.1 Å². The average Bonchev–Trinajstić information content (AvgIpc) is 2.58. The van der Waals surface area contributed by atoms with Gasteiger partial charge in [-0.3, -0.25) is 10.1 Å². The molecule has 2 heterocycles. The second-order valence-corrected chi connectivity index (χ2v) is 5.74. The van der Waals surface area contributed by atoms with Gasteiger partial charge in [0.25, 0.3) is 0 Å². The Bertz CT molecular complexity index is 462. The molecule has 0 bridgehead atoms. The first-order valence-corrected chi connectivity index (χ1v) is 6.29. The summed E-state index contributed by atoms with van der Waals surface area (Å²) in [5.74, 6) is 0.473. The van der Waals surface area contributed by atoms with Crippen LogP contribution in [-0.4, -0.2) is 22.0 Å². The van der Waals surface area contributed by atoms with Crippen molar-refractivity contribution in [2.24, 2.45) is 0 Å². The second-order valence-electron chi connectivity index (χ2n) is 4.82. The van der Waals surface area contributed by atoms with Crippen LogP contribution >= 0.6 is 15.9 Å². The zero-order valence-electron chi connectivity index (χ0n) is 9.81. The quantitative estimate of drug-likeness (QED) is 0.622. The van der Waals surface area contributed by atoms with Gasteiger partial charge in [-0.1, -0.05) is 0 Å². The van der Waals surface area contributed by atoms with Crippen molar-refractivity contribution in [3.63, 3.8) is 0 Å². The fourth-order valence-electron chi connectivity index (χ4n) is 2.26. The summed E-state index contributed by atoms with van der Waals surface area (Å²) in [5, 5.41) is 11.1. The van der Waals surface area contributed by atoms with E-state index in [0.717, 1.165) is 19.4 Å². The minimum atomic E-state index is -0.374. The number of nitrogens with zero attached hydrogens (tertiary/aromatic N) is 3. The van der Waals surface area contributed by atoms with Gasteiger partial charge in [-0.15, -0.1) is 0 Å². The Balaban J connectivity index is 2.48. The fourth-order valence-corrected chi connectivity index (χ4v) is 2.58. The van der Waals surface area contributed by atoms with E-state index >= 15 is 0 Å². The van der Waals surface area contributed by atoms with Crippen molar-refractivity contribution < 1.29 is 4.92 Å². The molecule has 1 fully saturated rings. The Morgan fingerprint density at radius 2 is 2.29 bits per heavy atom. The maximum atomic E-state index is 11.1. The Morgan fingerprint density at radius 1 is 1.59 bits per heavy atom. The molecule has 1 saturated heterocycles. The highest BCUT2D eigenvalue weighted by molar-refractivity contribution is 9.10. The fraction of sp³-hybridized carbons (Fsp3) is 0.545. The lowest BCUT2D eigenvalue weighted by Gasteiger charge is -2.32. The Kier molecular flexibility index (Phi) is 3.07. The van der Waals surface area contributed by atoms with Crippen LogP contribution in [0.1, 0.15) is 26.7 Å². The zero-order valence-corrected chi connectivity index (χ0v) is 11.4. The highest BCUT2D eigenvalue weighted by Gasteiger charge is 2.36. The predicted molar refractivity (Wildman–Crippen MR) is 69.3 cm³/mol. The number of anilines is 1. The predicted octanol–water partition coefficient (Wildman–Crippen LogP) is 3.13. The number of halogens is 1. The molecule has 0 amide bonds. The van der Waals surface area contributed by atoms with E-state index in [1.807, 2.05) is 4.90 Å². The van der Waals surface area contributed by atoms with Crippen molar-refractivity contribution in [1.82, 2.24) is 4.98 Å². The van der Waals surface area contributed by atoms with Crippen LogP contribution in [0.5, 0.6) is 0 Å². The molecule has 0 saturated carbocycles. The largest absolute Gasteiger partial charge is 0.346 e. The van der Waals surface area contributed by atoms with Gasteiger partial charge in [0.15, 0.2) is 0 Å². The molecular weight excluding hydrogens is 286 g/mol. The van der Waals surface area contributed by atoms with E-state index in [4.69, 9.17) is 0 Å². The molecule has 1 aliphatic rings. The molecular formula is C11H14BrN3O2. The summed E-state index contributed by atoms with van der Waals surface area (Å²) in [6, 6.07) is 1.51. The maximum absolute atomic E-state index is 11.1. The minimum Gasteiger partial charge on any atom is -0.346 e. The first-order chi connectivity index (χ1) is 7.92. The number of aromatic nitrogens is 1. The summed E-state index contributed by atoms with van der Waals surface area (Å²) >= 11 is 3.22. The van der Waals surface area contributed by atoms with Gasteiger partial charge in [-0.05, 0) is 42.6 Å². The molecule has 17 heavy (non-hydrogen) atoms. The summed E-state index contributed by atoms with van der Waals surface area (Å²) in [4.78, 5) is 16.9. The molecule has 0 N–H and O–H groups in total. The van der Waals surface area contributed by atoms with E-state index in [9.17, 15) is 10.1 Å². The van der Waals surface area contributed by atoms with Gasteiger partial charge in [-0.25, -0.2) is 4.98 Å². The van der Waals surface area contributed by atoms with Crippen molar-refractivity contribution >= 4 is 27.4 Å². The highest BCUT2D eigenvalue weighted by atomic mass is 79.9. The Labute approximate surface area is 108 Å². The first-order valence-electron chi connectivity index (χ1n) is 5.49. The first kappa shape index (κ1) is 12.3. The maximum Gasteiger partial charge on any atom is 0.312 e. The Hall–Kier alpha value is -1.17. The van der Waals surface area contributed by atoms with Gasteiger partial charge in [0, 0.05) is 28.8 Å². The van der Waals surface area contributed by atoms with Crippen LogP contribution < -0.4 is 4.90 Å². The van der Waals surface area contributed by atoms with Crippen molar-refractivity contribution in [3.8, 4) is 0 Å². The summed E-state index contributed by atoms with van der Waals surface area (Å²) < 4.78 is 0.630. The Morgan fingerprint density at radius 3 is 2.82 bits per heavy atom. The van der Waals surface area contributed by atoms with Crippen molar-refractivity contribution in [3.05, 3.63) is 26.9 Å². The van der Waals surface area contributed by atoms with Gasteiger partial charge >= 0.3 is 5.69 Å². The van der Waals surface area contributed by atoms with Crippen LogP contribution in [0.2, 0.25) is 0 Å². The standard InChI is InChI=1S/C11H14BrN3O2/c1-11(2)4-3-5-14(11)10-9(15(16)17)6-8(12)7-13-10/h6-7H,3-5H2,1-2H3. The monoisotopic (exact) mass is 299 g/mol. The summed E-state index contributed by atoms with van der Waals surface area (Å²) in [5.41, 5.74) is 0.000314. The van der Waals surface area contributed by atoms with Gasteiger partial charge in [0.1, 0.15) is 0 Å². The van der Waals surface area contributed by atoms with Crippen LogP contribution in [0.3, 0.4) is 0 Å². The second kappa shape index (κ2) is 4.25. The molecule has 1 aliphatic heterocycles. The normalized spacial score (nSPS) is 18.4. The third-order valence-corrected chi connectivity index (χ3v) is 3.60. The lowest BCUT2D eigenvalue weighted by Crippen LogP contribution is -2.39. The molecule has 0 atom stereocenters. The molecule has 5 nitrogen and oxygen atoms in total. The van der Waals surface area contributed by atoms with Gasteiger partial charge < -0.3 is 4.90 Å². The lowest BCUT2D eigenvalue weighted by molar-refractivity contribution is -0.384. The molecule has 0 aromatic carbocycles. The SMILES string of the molecule is CC1(C)CCCN1c1ncc(Br)cc1[N+](=O)[O-]. The minimum absolute atomic E-state index is 0.0639. The van der Waals surface area contributed by atoms with E-state index in [1.165, 1.54) is 6.07 Å². The van der Waals surface area contributed by atoms with Crippen LogP contribution in [0.25, 0.3) is 0 Å². The van der Waals surface area contributed by atoms with E-state index in [2.05, 4.69) is 34.8 Å². The molecule has 2 rings (SSSR count). The number of rotatable bonds is 2. The zero-order chi connectivity index (χ0) is 12.6.